The van der Waals surface area contributed by atoms with Gasteiger partial charge < -0.3 is 9.64 Å². The normalized spacial score (nSPS) is 16.3. The Labute approximate surface area is 161 Å². The number of amides is 1. The molecule has 0 spiro atoms. The Hall–Kier alpha value is -2.62. The first-order chi connectivity index (χ1) is 13.1. The molecule has 2 aromatic carbocycles. The van der Waals surface area contributed by atoms with Crippen molar-refractivity contribution in [3.05, 3.63) is 64.7 Å². The monoisotopic (exact) mass is 365 g/mol. The van der Waals surface area contributed by atoms with Crippen molar-refractivity contribution in [3.8, 4) is 0 Å². The molecule has 0 bridgehead atoms. The lowest BCUT2D eigenvalue weighted by Gasteiger charge is -2.32. The van der Waals surface area contributed by atoms with Crippen molar-refractivity contribution in [1.29, 1.82) is 0 Å². The summed E-state index contributed by atoms with van der Waals surface area (Å²) in [6.45, 7) is 6.61. The third kappa shape index (κ3) is 3.75. The molecule has 0 N–H and O–H groups in total. The lowest BCUT2D eigenvalue weighted by Crippen LogP contribution is -2.42. The van der Waals surface area contributed by atoms with Crippen molar-refractivity contribution in [3.63, 3.8) is 0 Å². The second-order valence-corrected chi connectivity index (χ2v) is 6.85. The molecule has 0 aliphatic carbocycles. The summed E-state index contributed by atoms with van der Waals surface area (Å²) in [7, 11) is 0. The number of hydrogen-bond acceptors (Lipinski definition) is 3. The molecule has 1 aliphatic rings. The number of ether oxygens (including phenoxy) is 1. The molecule has 1 saturated heterocycles. The predicted octanol–water partition coefficient (Wildman–Crippen LogP) is 4.34. The van der Waals surface area contributed by atoms with Crippen molar-refractivity contribution in [2.45, 2.75) is 52.5 Å². The molecule has 1 aliphatic heterocycles. The van der Waals surface area contributed by atoms with Gasteiger partial charge in [0.2, 0.25) is 0 Å². The second kappa shape index (κ2) is 8.38. The fraction of sp³-hybridized carbons (Fsp3) is 0.391. The highest BCUT2D eigenvalue weighted by Crippen LogP contribution is 2.34. The summed E-state index contributed by atoms with van der Waals surface area (Å²) < 4.78 is 5.22. The molecular formula is C23H27NO3. The van der Waals surface area contributed by atoms with Crippen LogP contribution in [-0.2, 0) is 28.8 Å². The fourth-order valence-corrected chi connectivity index (χ4v) is 3.87. The highest BCUT2D eigenvalue weighted by atomic mass is 16.5. The van der Waals surface area contributed by atoms with E-state index in [0.29, 0.717) is 5.56 Å². The summed E-state index contributed by atoms with van der Waals surface area (Å²) in [5, 5.41) is 0. The van der Waals surface area contributed by atoms with Gasteiger partial charge >= 0.3 is 5.97 Å². The second-order valence-electron chi connectivity index (χ2n) is 6.85. The van der Waals surface area contributed by atoms with Crippen LogP contribution in [-0.4, -0.2) is 24.5 Å². The van der Waals surface area contributed by atoms with Gasteiger partial charge in [-0.15, -0.1) is 0 Å². The SMILES string of the molecule is CCc1ccc(CC)c(N(C(=O)c2ccccc2)C2COC(=O)C2)c1CC. The molecule has 0 aromatic heterocycles. The Kier molecular flexibility index (Phi) is 5.94. The molecule has 27 heavy (non-hydrogen) atoms. The van der Waals surface area contributed by atoms with Crippen LogP contribution in [0.5, 0.6) is 0 Å². The number of cyclic esters (lactones) is 1. The summed E-state index contributed by atoms with van der Waals surface area (Å²) in [5.41, 5.74) is 5.17. The Balaban J connectivity index is 2.19. The van der Waals surface area contributed by atoms with Crippen LogP contribution in [0.4, 0.5) is 5.69 Å². The largest absolute Gasteiger partial charge is 0.463 e. The van der Waals surface area contributed by atoms with E-state index in [2.05, 4.69) is 32.9 Å². The van der Waals surface area contributed by atoms with Gasteiger partial charge in [0.25, 0.3) is 5.91 Å². The van der Waals surface area contributed by atoms with Crippen molar-refractivity contribution in [2.75, 3.05) is 11.5 Å². The highest BCUT2D eigenvalue weighted by molar-refractivity contribution is 6.08. The maximum absolute atomic E-state index is 13.5. The number of carbonyl (C=O) groups is 2. The Bertz CT molecular complexity index is 829. The molecule has 3 rings (SSSR count). The smallest absolute Gasteiger partial charge is 0.308 e. The molecule has 1 amide bonds. The van der Waals surface area contributed by atoms with Gasteiger partial charge in [-0.3, -0.25) is 9.59 Å². The number of hydrogen-bond donors (Lipinski definition) is 0. The number of esters is 1. The summed E-state index contributed by atoms with van der Waals surface area (Å²) in [4.78, 5) is 27.2. The zero-order chi connectivity index (χ0) is 19.4. The number of aryl methyl sites for hydroxylation is 2. The van der Waals surface area contributed by atoms with Gasteiger partial charge in [-0.25, -0.2) is 0 Å². The zero-order valence-electron chi connectivity index (χ0n) is 16.3. The summed E-state index contributed by atoms with van der Waals surface area (Å²) in [6.07, 6.45) is 2.81. The molecule has 142 valence electrons. The standard InChI is InChI=1S/C23H27NO3/c1-4-16-12-13-17(5-2)22(20(16)6-3)24(19-14-21(25)27-15-19)23(26)18-10-8-7-9-11-18/h7-13,19H,4-6,14-15H2,1-3H3. The molecular weight excluding hydrogens is 338 g/mol. The Morgan fingerprint density at radius 1 is 1.00 bits per heavy atom. The van der Waals surface area contributed by atoms with E-state index in [-0.39, 0.29) is 30.9 Å². The van der Waals surface area contributed by atoms with Crippen LogP contribution >= 0.6 is 0 Å². The van der Waals surface area contributed by atoms with Crippen molar-refractivity contribution < 1.29 is 14.3 Å². The van der Waals surface area contributed by atoms with Gasteiger partial charge in [0.05, 0.1) is 18.2 Å². The van der Waals surface area contributed by atoms with Crippen LogP contribution in [0.2, 0.25) is 0 Å². The number of carbonyl (C=O) groups excluding carboxylic acids is 2. The maximum atomic E-state index is 13.5. The number of anilines is 1. The third-order valence-electron chi connectivity index (χ3n) is 5.26. The number of nitrogens with zero attached hydrogens (tertiary/aromatic N) is 1. The minimum atomic E-state index is -0.270. The van der Waals surface area contributed by atoms with Gasteiger partial charge in [0.1, 0.15) is 6.61 Å². The van der Waals surface area contributed by atoms with E-state index in [4.69, 9.17) is 4.74 Å². The van der Waals surface area contributed by atoms with Crippen molar-refractivity contribution in [1.82, 2.24) is 0 Å². The third-order valence-corrected chi connectivity index (χ3v) is 5.26. The van der Waals surface area contributed by atoms with E-state index < -0.39 is 0 Å². The highest BCUT2D eigenvalue weighted by Gasteiger charge is 2.36. The first-order valence-electron chi connectivity index (χ1n) is 9.78. The van der Waals surface area contributed by atoms with E-state index in [9.17, 15) is 9.59 Å². The average Bonchev–Trinajstić information content (AvgIpc) is 3.14. The van der Waals surface area contributed by atoms with Crippen LogP contribution in [0.1, 0.15) is 54.2 Å². The number of rotatable bonds is 6. The van der Waals surface area contributed by atoms with Gasteiger partial charge in [-0.1, -0.05) is 51.1 Å². The van der Waals surface area contributed by atoms with E-state index in [1.165, 1.54) is 11.1 Å². The van der Waals surface area contributed by atoms with Gasteiger partial charge in [-0.2, -0.15) is 0 Å². The first kappa shape index (κ1) is 19.2. The van der Waals surface area contributed by atoms with Gasteiger partial charge in [0, 0.05) is 5.56 Å². The van der Waals surface area contributed by atoms with Crippen LogP contribution < -0.4 is 4.90 Å². The van der Waals surface area contributed by atoms with Crippen LogP contribution in [0.15, 0.2) is 42.5 Å². The Morgan fingerprint density at radius 2 is 1.67 bits per heavy atom. The van der Waals surface area contributed by atoms with Gasteiger partial charge in [0.15, 0.2) is 0 Å². The van der Waals surface area contributed by atoms with E-state index in [1.54, 1.807) is 0 Å². The molecule has 1 atom stereocenters. The fourth-order valence-electron chi connectivity index (χ4n) is 3.87. The molecule has 0 saturated carbocycles. The van der Waals surface area contributed by atoms with Crippen molar-refractivity contribution in [2.24, 2.45) is 0 Å². The minimum absolute atomic E-state index is 0.0726. The molecule has 0 radical (unpaired) electrons. The van der Waals surface area contributed by atoms with E-state index in [0.717, 1.165) is 30.5 Å². The summed E-state index contributed by atoms with van der Waals surface area (Å²) in [6, 6.07) is 13.3. The van der Waals surface area contributed by atoms with Crippen LogP contribution in [0.25, 0.3) is 0 Å². The Morgan fingerprint density at radius 3 is 2.22 bits per heavy atom. The van der Waals surface area contributed by atoms with E-state index >= 15 is 0 Å². The molecule has 1 fully saturated rings. The summed E-state index contributed by atoms with van der Waals surface area (Å²) in [5.74, 6) is -0.315. The zero-order valence-corrected chi connectivity index (χ0v) is 16.3. The molecule has 4 heteroatoms. The lowest BCUT2D eigenvalue weighted by atomic mass is 9.93. The maximum Gasteiger partial charge on any atom is 0.308 e. The lowest BCUT2D eigenvalue weighted by molar-refractivity contribution is -0.137. The van der Waals surface area contributed by atoms with Gasteiger partial charge in [-0.05, 0) is 48.1 Å². The molecule has 2 aromatic rings. The summed E-state index contributed by atoms with van der Waals surface area (Å²) >= 11 is 0. The average molecular weight is 365 g/mol. The van der Waals surface area contributed by atoms with E-state index in [1.807, 2.05) is 35.2 Å². The quantitative estimate of drug-likeness (QED) is 0.716. The number of benzene rings is 2. The topological polar surface area (TPSA) is 46.6 Å². The van der Waals surface area contributed by atoms with Crippen LogP contribution in [0, 0.1) is 0 Å². The van der Waals surface area contributed by atoms with Crippen LogP contribution in [0.3, 0.4) is 0 Å². The minimum Gasteiger partial charge on any atom is -0.463 e. The molecule has 4 nitrogen and oxygen atoms in total. The predicted molar refractivity (Wildman–Crippen MR) is 107 cm³/mol. The molecule has 1 unspecified atom stereocenters. The first-order valence-corrected chi connectivity index (χ1v) is 9.78. The van der Waals surface area contributed by atoms with Crippen molar-refractivity contribution >= 4 is 17.6 Å². The molecule has 1 heterocycles.